The number of carbonyl (C=O) groups excluding carboxylic acids is 2. The molecule has 0 aliphatic heterocycles. The van der Waals surface area contributed by atoms with Crippen LogP contribution in [0.4, 0.5) is 0 Å². The normalized spacial score (nSPS) is 12.8. The van der Waals surface area contributed by atoms with Crippen LogP contribution in [0.25, 0.3) is 0 Å². The first-order valence-electron chi connectivity index (χ1n) is 28.1. The Bertz CT molecular complexity index is 1220. The summed E-state index contributed by atoms with van der Waals surface area (Å²) in [5.41, 5.74) is 0. The Morgan fingerprint density at radius 3 is 1.08 bits per heavy atom. The standard InChI is InChI=1S/C61H106O5/c1-4-7-10-13-16-19-22-25-28-30-31-33-34-36-39-42-45-48-51-54-60(62)65-58-59(57-64-56-53-50-47-44-41-38-27-24-21-18-15-12-9-6-3)66-61(63)55-52-49-46-43-40-37-35-32-29-26-23-20-17-14-11-8-5-2/h12,15-17,19-21,24-26,28-29,31,33,59H,4-11,13-14,18,22-23,27,30,32,34-58H2,1-3H3/b15-12-,19-16-,20-17-,24-21-,28-25-,29-26-,33-31-. The van der Waals surface area contributed by atoms with E-state index >= 15 is 0 Å². The van der Waals surface area contributed by atoms with Crippen LogP contribution < -0.4 is 0 Å². The summed E-state index contributed by atoms with van der Waals surface area (Å²) in [6.45, 7) is 7.69. The third-order valence-corrected chi connectivity index (χ3v) is 11.9. The van der Waals surface area contributed by atoms with Crippen LogP contribution in [0.5, 0.6) is 0 Å². The van der Waals surface area contributed by atoms with Crippen molar-refractivity contribution in [3.63, 3.8) is 0 Å². The SMILES string of the molecule is CCC/C=C\C/C=C\CCCCCCCCOCC(COC(=O)CCCCCCCC/C=C\C/C=C\C/C=C\CCCCC)OC(=O)CCCCCCCCC/C=C\C/C=C\CCCCC. The van der Waals surface area contributed by atoms with Gasteiger partial charge in [-0.15, -0.1) is 0 Å². The van der Waals surface area contributed by atoms with E-state index in [1.165, 1.54) is 148 Å². The molecule has 380 valence electrons. The molecule has 0 amide bonds. The Hall–Kier alpha value is -2.92. The number of unbranched alkanes of at least 4 members (excludes halogenated alkanes) is 26. The molecule has 0 aliphatic rings. The fourth-order valence-electron chi connectivity index (χ4n) is 7.64. The molecular formula is C61H106O5. The van der Waals surface area contributed by atoms with Gasteiger partial charge >= 0.3 is 11.9 Å². The first-order chi connectivity index (χ1) is 32.6. The molecule has 0 aromatic carbocycles. The van der Waals surface area contributed by atoms with Crippen LogP contribution in [0.15, 0.2) is 85.1 Å². The zero-order chi connectivity index (χ0) is 47.7. The predicted molar refractivity (Wildman–Crippen MR) is 288 cm³/mol. The number of ether oxygens (including phenoxy) is 3. The molecule has 0 radical (unpaired) electrons. The highest BCUT2D eigenvalue weighted by atomic mass is 16.6. The van der Waals surface area contributed by atoms with Crippen molar-refractivity contribution in [3.8, 4) is 0 Å². The van der Waals surface area contributed by atoms with E-state index in [1.807, 2.05) is 0 Å². The van der Waals surface area contributed by atoms with Gasteiger partial charge in [0.1, 0.15) is 6.61 Å². The van der Waals surface area contributed by atoms with Gasteiger partial charge in [0.05, 0.1) is 6.61 Å². The summed E-state index contributed by atoms with van der Waals surface area (Å²) in [6, 6.07) is 0. The Morgan fingerprint density at radius 1 is 0.333 bits per heavy atom. The summed E-state index contributed by atoms with van der Waals surface area (Å²) in [7, 11) is 0. The maximum absolute atomic E-state index is 12.8. The molecule has 1 unspecified atom stereocenters. The quantitative estimate of drug-likeness (QED) is 0.0346. The van der Waals surface area contributed by atoms with Crippen molar-refractivity contribution in [3.05, 3.63) is 85.1 Å². The van der Waals surface area contributed by atoms with Gasteiger partial charge in [-0.25, -0.2) is 0 Å². The predicted octanol–water partition coefficient (Wildman–Crippen LogP) is 19.2. The molecule has 0 heterocycles. The van der Waals surface area contributed by atoms with Gasteiger partial charge in [0.15, 0.2) is 6.10 Å². The highest BCUT2D eigenvalue weighted by Gasteiger charge is 2.17. The lowest BCUT2D eigenvalue weighted by atomic mass is 10.1. The maximum Gasteiger partial charge on any atom is 0.306 e. The molecule has 0 fully saturated rings. The zero-order valence-corrected chi connectivity index (χ0v) is 43.7. The molecule has 0 aliphatic carbocycles. The number of hydrogen-bond acceptors (Lipinski definition) is 5. The molecule has 1 atom stereocenters. The summed E-state index contributed by atoms with van der Waals surface area (Å²) in [5, 5.41) is 0. The van der Waals surface area contributed by atoms with Crippen LogP contribution in [-0.2, 0) is 23.8 Å². The van der Waals surface area contributed by atoms with Crippen molar-refractivity contribution in [2.24, 2.45) is 0 Å². The molecule has 0 saturated carbocycles. The van der Waals surface area contributed by atoms with E-state index in [9.17, 15) is 9.59 Å². The monoisotopic (exact) mass is 919 g/mol. The third kappa shape index (κ3) is 53.7. The number of rotatable bonds is 51. The van der Waals surface area contributed by atoms with E-state index in [4.69, 9.17) is 14.2 Å². The second-order valence-corrected chi connectivity index (χ2v) is 18.5. The van der Waals surface area contributed by atoms with Gasteiger partial charge in [0.25, 0.3) is 0 Å². The van der Waals surface area contributed by atoms with Crippen LogP contribution in [0.3, 0.4) is 0 Å². The third-order valence-electron chi connectivity index (χ3n) is 11.9. The second kappa shape index (κ2) is 56.4. The van der Waals surface area contributed by atoms with E-state index < -0.39 is 6.10 Å². The number of carbonyl (C=O) groups is 2. The van der Waals surface area contributed by atoms with Crippen LogP contribution in [0.2, 0.25) is 0 Å². The zero-order valence-electron chi connectivity index (χ0n) is 43.7. The molecule has 5 nitrogen and oxygen atoms in total. The van der Waals surface area contributed by atoms with Gasteiger partial charge in [-0.2, -0.15) is 0 Å². The Labute approximate surface area is 409 Å². The van der Waals surface area contributed by atoms with E-state index in [2.05, 4.69) is 106 Å². The molecule has 0 rings (SSSR count). The van der Waals surface area contributed by atoms with Crippen molar-refractivity contribution in [2.75, 3.05) is 19.8 Å². The molecule has 5 heteroatoms. The smallest absolute Gasteiger partial charge is 0.306 e. The summed E-state index contributed by atoms with van der Waals surface area (Å²) in [5.74, 6) is -0.423. The summed E-state index contributed by atoms with van der Waals surface area (Å²) in [6.07, 6.45) is 74.5. The van der Waals surface area contributed by atoms with E-state index in [0.29, 0.717) is 19.4 Å². The average molecular weight is 920 g/mol. The highest BCUT2D eigenvalue weighted by molar-refractivity contribution is 5.70. The van der Waals surface area contributed by atoms with Gasteiger partial charge in [-0.05, 0) is 116 Å². The molecule has 0 bridgehead atoms. The molecule has 0 spiro atoms. The van der Waals surface area contributed by atoms with Crippen molar-refractivity contribution >= 4 is 11.9 Å². The van der Waals surface area contributed by atoms with Crippen molar-refractivity contribution in [1.29, 1.82) is 0 Å². The second-order valence-electron chi connectivity index (χ2n) is 18.5. The maximum atomic E-state index is 12.8. The van der Waals surface area contributed by atoms with Gasteiger partial charge in [-0.1, -0.05) is 221 Å². The Kier molecular flexibility index (Phi) is 53.9. The fraction of sp³-hybridized carbons (Fsp3) is 0.738. The van der Waals surface area contributed by atoms with Crippen LogP contribution in [0.1, 0.15) is 265 Å². The van der Waals surface area contributed by atoms with Crippen molar-refractivity contribution in [2.45, 2.75) is 271 Å². The lowest BCUT2D eigenvalue weighted by Gasteiger charge is -2.18. The molecule has 0 aromatic heterocycles. The molecule has 66 heavy (non-hydrogen) atoms. The molecule has 0 saturated heterocycles. The molecule has 0 N–H and O–H groups in total. The Morgan fingerprint density at radius 2 is 0.667 bits per heavy atom. The van der Waals surface area contributed by atoms with Crippen LogP contribution >= 0.6 is 0 Å². The largest absolute Gasteiger partial charge is 0.462 e. The number of hydrogen-bond donors (Lipinski definition) is 0. The molecule has 0 aromatic rings. The minimum atomic E-state index is -0.556. The highest BCUT2D eigenvalue weighted by Crippen LogP contribution is 2.14. The summed E-state index contributed by atoms with van der Waals surface area (Å²) < 4.78 is 17.4. The van der Waals surface area contributed by atoms with Crippen LogP contribution in [-0.4, -0.2) is 37.9 Å². The van der Waals surface area contributed by atoms with Gasteiger partial charge in [0.2, 0.25) is 0 Å². The minimum absolute atomic E-state index is 0.0679. The first kappa shape index (κ1) is 63.1. The number of allylic oxidation sites excluding steroid dienone is 14. The van der Waals surface area contributed by atoms with Gasteiger partial charge in [0, 0.05) is 19.4 Å². The summed E-state index contributed by atoms with van der Waals surface area (Å²) in [4.78, 5) is 25.5. The molecular weight excluding hydrogens is 813 g/mol. The topological polar surface area (TPSA) is 61.8 Å². The van der Waals surface area contributed by atoms with Crippen molar-refractivity contribution < 1.29 is 23.8 Å². The van der Waals surface area contributed by atoms with Crippen LogP contribution in [0, 0.1) is 0 Å². The first-order valence-corrected chi connectivity index (χ1v) is 28.1. The fourth-order valence-corrected chi connectivity index (χ4v) is 7.64. The van der Waals surface area contributed by atoms with E-state index in [1.54, 1.807) is 0 Å². The lowest BCUT2D eigenvalue weighted by Crippen LogP contribution is -2.30. The summed E-state index contributed by atoms with van der Waals surface area (Å²) >= 11 is 0. The minimum Gasteiger partial charge on any atom is -0.462 e. The van der Waals surface area contributed by atoms with E-state index in [-0.39, 0.29) is 25.2 Å². The van der Waals surface area contributed by atoms with Gasteiger partial charge < -0.3 is 14.2 Å². The number of esters is 2. The van der Waals surface area contributed by atoms with Crippen molar-refractivity contribution in [1.82, 2.24) is 0 Å². The lowest BCUT2D eigenvalue weighted by molar-refractivity contribution is -0.163. The average Bonchev–Trinajstić information content (AvgIpc) is 3.32. The Balaban J connectivity index is 4.32. The van der Waals surface area contributed by atoms with E-state index in [0.717, 1.165) is 83.5 Å². The van der Waals surface area contributed by atoms with Gasteiger partial charge in [-0.3, -0.25) is 9.59 Å².